The van der Waals surface area contributed by atoms with Crippen molar-refractivity contribution in [2.45, 2.75) is 13.0 Å². The quantitative estimate of drug-likeness (QED) is 0.788. The lowest BCUT2D eigenvalue weighted by Gasteiger charge is -2.08. The number of hydrogen-bond acceptors (Lipinski definition) is 2. The van der Waals surface area contributed by atoms with Crippen molar-refractivity contribution in [3.8, 4) is 0 Å². The highest BCUT2D eigenvalue weighted by atomic mass is 79.9. The molecule has 0 spiro atoms. The van der Waals surface area contributed by atoms with E-state index in [1.54, 1.807) is 6.07 Å². The first kappa shape index (κ1) is 16.2. The number of nitrogens with two attached hydrogens (primary N) is 1. The molecule has 0 aliphatic heterocycles. The van der Waals surface area contributed by atoms with E-state index in [4.69, 9.17) is 5.73 Å². The van der Waals surface area contributed by atoms with E-state index in [-0.39, 0.29) is 5.91 Å². The topological polar surface area (TPSA) is 55.1 Å². The van der Waals surface area contributed by atoms with Crippen molar-refractivity contribution < 1.29 is 4.79 Å². The summed E-state index contributed by atoms with van der Waals surface area (Å²) in [6, 6.07) is 13.6. The third-order valence-corrected chi connectivity index (χ3v) is 4.27. The lowest BCUT2D eigenvalue weighted by Crippen LogP contribution is -2.23. The van der Waals surface area contributed by atoms with Crippen LogP contribution in [0, 0.1) is 0 Å². The summed E-state index contributed by atoms with van der Waals surface area (Å²) in [7, 11) is 0. The van der Waals surface area contributed by atoms with E-state index in [1.165, 1.54) is 5.56 Å². The van der Waals surface area contributed by atoms with E-state index in [9.17, 15) is 4.79 Å². The molecule has 0 fully saturated rings. The summed E-state index contributed by atoms with van der Waals surface area (Å²) in [5.74, 6) is -0.103. The molecule has 0 unspecified atom stereocenters. The fraction of sp³-hybridized carbons (Fsp3) is 0.188. The van der Waals surface area contributed by atoms with Crippen molar-refractivity contribution >= 4 is 37.8 Å². The van der Waals surface area contributed by atoms with Crippen molar-refractivity contribution in [3.05, 3.63) is 68.1 Å². The van der Waals surface area contributed by atoms with Gasteiger partial charge in [-0.05, 0) is 58.2 Å². The Morgan fingerprint density at radius 3 is 2.38 bits per heavy atom. The summed E-state index contributed by atoms with van der Waals surface area (Å²) < 4.78 is 1.66. The predicted molar refractivity (Wildman–Crippen MR) is 92.2 cm³/mol. The Hall–Kier alpha value is -1.17. The second-order valence-corrected chi connectivity index (χ2v) is 6.43. The van der Waals surface area contributed by atoms with Gasteiger partial charge >= 0.3 is 0 Å². The van der Waals surface area contributed by atoms with Gasteiger partial charge in [0.1, 0.15) is 0 Å². The van der Waals surface area contributed by atoms with Crippen LogP contribution in [0.15, 0.2) is 51.4 Å². The Morgan fingerprint density at radius 2 is 1.71 bits per heavy atom. The van der Waals surface area contributed by atoms with Crippen LogP contribution in [0.4, 0.5) is 0 Å². The molecule has 0 bridgehead atoms. The number of amides is 1. The molecular weight excluding hydrogens is 396 g/mol. The summed E-state index contributed by atoms with van der Waals surface area (Å²) in [5.41, 5.74) is 8.41. The Morgan fingerprint density at radius 1 is 1.05 bits per heavy atom. The molecule has 5 heteroatoms. The Bertz CT molecular complexity index is 627. The monoisotopic (exact) mass is 410 g/mol. The first-order chi connectivity index (χ1) is 10.1. The highest BCUT2D eigenvalue weighted by molar-refractivity contribution is 9.11. The number of rotatable bonds is 5. The molecule has 3 nitrogen and oxygen atoms in total. The minimum Gasteiger partial charge on any atom is -0.348 e. The first-order valence-electron chi connectivity index (χ1n) is 6.61. The Labute approximate surface area is 141 Å². The Balaban J connectivity index is 1.99. The van der Waals surface area contributed by atoms with Crippen LogP contribution in [0.1, 0.15) is 21.5 Å². The third-order valence-electron chi connectivity index (χ3n) is 3.08. The van der Waals surface area contributed by atoms with Crippen LogP contribution >= 0.6 is 31.9 Å². The minimum atomic E-state index is -0.103. The average molecular weight is 412 g/mol. The van der Waals surface area contributed by atoms with Crippen molar-refractivity contribution in [1.29, 1.82) is 0 Å². The molecule has 0 atom stereocenters. The average Bonchev–Trinajstić information content (AvgIpc) is 2.49. The molecule has 2 aromatic rings. The van der Waals surface area contributed by atoms with Gasteiger partial charge in [-0.15, -0.1) is 0 Å². The molecule has 21 heavy (non-hydrogen) atoms. The van der Waals surface area contributed by atoms with Crippen LogP contribution in [0.5, 0.6) is 0 Å². The summed E-state index contributed by atoms with van der Waals surface area (Å²) >= 11 is 6.76. The van der Waals surface area contributed by atoms with Crippen molar-refractivity contribution in [3.63, 3.8) is 0 Å². The highest BCUT2D eigenvalue weighted by Crippen LogP contribution is 2.21. The van der Waals surface area contributed by atoms with Gasteiger partial charge in [0.25, 0.3) is 5.91 Å². The Kier molecular flexibility index (Phi) is 5.96. The summed E-state index contributed by atoms with van der Waals surface area (Å²) in [4.78, 5) is 12.2. The van der Waals surface area contributed by atoms with Crippen LogP contribution in [0.3, 0.4) is 0 Å². The molecule has 0 heterocycles. The molecule has 0 aliphatic carbocycles. The highest BCUT2D eigenvalue weighted by Gasteiger charge is 2.10. The number of carbonyl (C=O) groups excluding carboxylic acids is 1. The fourth-order valence-corrected chi connectivity index (χ4v) is 2.73. The zero-order valence-electron chi connectivity index (χ0n) is 11.4. The fourth-order valence-electron chi connectivity index (χ4n) is 1.94. The van der Waals surface area contributed by atoms with Gasteiger partial charge in [-0.1, -0.05) is 40.2 Å². The van der Waals surface area contributed by atoms with Gasteiger partial charge in [0.05, 0.1) is 5.56 Å². The van der Waals surface area contributed by atoms with Gasteiger partial charge in [-0.25, -0.2) is 0 Å². The summed E-state index contributed by atoms with van der Waals surface area (Å²) in [5, 5.41) is 2.92. The molecule has 0 aliphatic rings. The lowest BCUT2D eigenvalue weighted by atomic mass is 10.1. The molecule has 0 radical (unpaired) electrons. The van der Waals surface area contributed by atoms with Gasteiger partial charge in [0.2, 0.25) is 0 Å². The number of halogens is 2. The van der Waals surface area contributed by atoms with E-state index in [1.807, 2.05) is 36.4 Å². The maximum atomic E-state index is 12.2. The van der Waals surface area contributed by atoms with Gasteiger partial charge < -0.3 is 11.1 Å². The minimum absolute atomic E-state index is 0.103. The summed E-state index contributed by atoms with van der Waals surface area (Å²) in [6.07, 6.45) is 0.873. The summed E-state index contributed by atoms with van der Waals surface area (Å²) in [6.45, 7) is 1.15. The van der Waals surface area contributed by atoms with Crippen LogP contribution in [0.25, 0.3) is 0 Å². The number of nitrogens with one attached hydrogen (secondary N) is 1. The van der Waals surface area contributed by atoms with Crippen LogP contribution in [-0.2, 0) is 13.0 Å². The van der Waals surface area contributed by atoms with E-state index < -0.39 is 0 Å². The zero-order chi connectivity index (χ0) is 15.2. The largest absolute Gasteiger partial charge is 0.348 e. The van der Waals surface area contributed by atoms with Crippen LogP contribution < -0.4 is 11.1 Å². The maximum Gasteiger partial charge on any atom is 0.252 e. The van der Waals surface area contributed by atoms with E-state index >= 15 is 0 Å². The number of benzene rings is 2. The second kappa shape index (κ2) is 7.73. The van der Waals surface area contributed by atoms with Crippen LogP contribution in [-0.4, -0.2) is 12.5 Å². The zero-order valence-corrected chi connectivity index (χ0v) is 14.6. The number of carbonyl (C=O) groups is 1. The van der Waals surface area contributed by atoms with Gasteiger partial charge in [0.15, 0.2) is 0 Å². The molecule has 110 valence electrons. The molecule has 2 aromatic carbocycles. The third kappa shape index (κ3) is 4.66. The standard InChI is InChI=1S/C16H16Br2N2O/c17-13-5-6-15(18)14(9-13)16(21)20-10-12-3-1-11(2-4-12)7-8-19/h1-6,9H,7-8,10,19H2,(H,20,21). The molecule has 2 rings (SSSR count). The van der Waals surface area contributed by atoms with E-state index in [0.29, 0.717) is 18.7 Å². The van der Waals surface area contributed by atoms with E-state index in [2.05, 4.69) is 37.2 Å². The van der Waals surface area contributed by atoms with Gasteiger partial charge in [-0.3, -0.25) is 4.79 Å². The normalized spacial score (nSPS) is 10.4. The molecule has 0 saturated heterocycles. The SMILES string of the molecule is NCCc1ccc(CNC(=O)c2cc(Br)ccc2Br)cc1. The van der Waals surface area contributed by atoms with Gasteiger partial charge in [-0.2, -0.15) is 0 Å². The lowest BCUT2D eigenvalue weighted by molar-refractivity contribution is 0.0950. The molecule has 1 amide bonds. The predicted octanol–water partition coefficient (Wildman–Crippen LogP) is 3.64. The van der Waals surface area contributed by atoms with Crippen molar-refractivity contribution in [1.82, 2.24) is 5.32 Å². The maximum absolute atomic E-state index is 12.2. The molecule has 3 N–H and O–H groups in total. The smallest absolute Gasteiger partial charge is 0.252 e. The molecular formula is C16H16Br2N2O. The van der Waals surface area contributed by atoms with E-state index in [0.717, 1.165) is 20.9 Å². The molecule has 0 aromatic heterocycles. The van der Waals surface area contributed by atoms with Crippen molar-refractivity contribution in [2.24, 2.45) is 5.73 Å². The number of hydrogen-bond donors (Lipinski definition) is 2. The first-order valence-corrected chi connectivity index (χ1v) is 8.20. The van der Waals surface area contributed by atoms with Crippen molar-refractivity contribution in [2.75, 3.05) is 6.54 Å². The van der Waals surface area contributed by atoms with Gasteiger partial charge in [0, 0.05) is 15.5 Å². The second-order valence-electron chi connectivity index (χ2n) is 4.66. The molecule has 0 saturated carbocycles. The van der Waals surface area contributed by atoms with Crippen LogP contribution in [0.2, 0.25) is 0 Å².